The molecule has 1 saturated heterocycles. The molecule has 2 amide bonds. The summed E-state index contributed by atoms with van der Waals surface area (Å²) in [6, 6.07) is 7.92. The summed E-state index contributed by atoms with van der Waals surface area (Å²) in [6.07, 6.45) is 2.27. The van der Waals surface area contributed by atoms with Crippen LogP contribution in [0.15, 0.2) is 29.2 Å². The Morgan fingerprint density at radius 1 is 1.35 bits per heavy atom. The van der Waals surface area contributed by atoms with Crippen molar-refractivity contribution < 1.29 is 9.59 Å². The molecule has 0 radical (unpaired) electrons. The molecule has 1 fully saturated rings. The Labute approximate surface area is 142 Å². The van der Waals surface area contributed by atoms with Crippen molar-refractivity contribution in [3.63, 3.8) is 0 Å². The van der Waals surface area contributed by atoms with E-state index in [4.69, 9.17) is 0 Å². The predicted octanol–water partition coefficient (Wildman–Crippen LogP) is 1.79. The van der Waals surface area contributed by atoms with Gasteiger partial charge >= 0.3 is 0 Å². The van der Waals surface area contributed by atoms with Crippen LogP contribution in [0.5, 0.6) is 0 Å². The van der Waals surface area contributed by atoms with Crippen molar-refractivity contribution in [2.45, 2.75) is 43.7 Å². The molecule has 23 heavy (non-hydrogen) atoms. The number of hydrogen-bond acceptors (Lipinski definition) is 4. The SMILES string of the molecule is CC(C)NC(=O)CSc1ccccc1C(=O)NCC1CCCN1. The van der Waals surface area contributed by atoms with Crippen LogP contribution in [-0.2, 0) is 4.79 Å². The Balaban J connectivity index is 1.90. The van der Waals surface area contributed by atoms with Crippen LogP contribution in [0, 0.1) is 0 Å². The molecule has 0 aromatic heterocycles. The van der Waals surface area contributed by atoms with Gasteiger partial charge in [-0.25, -0.2) is 0 Å². The maximum Gasteiger partial charge on any atom is 0.252 e. The standard InChI is InChI=1S/C17H25N3O2S/c1-12(2)20-16(21)11-23-15-8-4-3-7-14(15)17(22)19-10-13-6-5-9-18-13/h3-4,7-8,12-13,18H,5-6,9-11H2,1-2H3,(H,19,22)(H,20,21). The maximum absolute atomic E-state index is 12.4. The van der Waals surface area contributed by atoms with E-state index in [1.165, 1.54) is 11.8 Å². The molecular weight excluding hydrogens is 310 g/mol. The first-order chi connectivity index (χ1) is 11.1. The van der Waals surface area contributed by atoms with Gasteiger partial charge in [-0.15, -0.1) is 11.8 Å². The van der Waals surface area contributed by atoms with E-state index in [2.05, 4.69) is 16.0 Å². The number of carbonyl (C=O) groups excluding carboxylic acids is 2. The molecule has 3 N–H and O–H groups in total. The monoisotopic (exact) mass is 335 g/mol. The van der Waals surface area contributed by atoms with Crippen molar-refractivity contribution >= 4 is 23.6 Å². The fourth-order valence-electron chi connectivity index (χ4n) is 2.53. The summed E-state index contributed by atoms with van der Waals surface area (Å²) >= 11 is 1.40. The van der Waals surface area contributed by atoms with E-state index in [1.807, 2.05) is 32.0 Å². The number of carbonyl (C=O) groups is 2. The fraction of sp³-hybridized carbons (Fsp3) is 0.529. The van der Waals surface area contributed by atoms with Gasteiger partial charge in [-0.3, -0.25) is 9.59 Å². The van der Waals surface area contributed by atoms with E-state index in [0.29, 0.717) is 23.9 Å². The maximum atomic E-state index is 12.4. The quantitative estimate of drug-likeness (QED) is 0.665. The normalized spacial score (nSPS) is 17.3. The van der Waals surface area contributed by atoms with Crippen LogP contribution in [0.1, 0.15) is 37.0 Å². The van der Waals surface area contributed by atoms with Crippen molar-refractivity contribution in [1.82, 2.24) is 16.0 Å². The van der Waals surface area contributed by atoms with Gasteiger partial charge in [0.2, 0.25) is 5.91 Å². The Morgan fingerprint density at radius 2 is 2.13 bits per heavy atom. The van der Waals surface area contributed by atoms with Crippen molar-refractivity contribution in [2.24, 2.45) is 0 Å². The summed E-state index contributed by atoms with van der Waals surface area (Å²) in [4.78, 5) is 25.0. The summed E-state index contributed by atoms with van der Waals surface area (Å²) in [5.41, 5.74) is 0.632. The first kappa shape index (κ1) is 17.8. The minimum Gasteiger partial charge on any atom is -0.353 e. The molecule has 0 aliphatic carbocycles. The van der Waals surface area contributed by atoms with Crippen LogP contribution < -0.4 is 16.0 Å². The average molecular weight is 335 g/mol. The van der Waals surface area contributed by atoms with Gasteiger partial charge in [0.1, 0.15) is 0 Å². The van der Waals surface area contributed by atoms with Crippen molar-refractivity contribution in [3.8, 4) is 0 Å². The number of amides is 2. The number of nitrogens with one attached hydrogen (secondary N) is 3. The lowest BCUT2D eigenvalue weighted by Crippen LogP contribution is -2.37. The summed E-state index contributed by atoms with van der Waals surface area (Å²) in [7, 11) is 0. The van der Waals surface area contributed by atoms with Gasteiger partial charge in [-0.1, -0.05) is 12.1 Å². The van der Waals surface area contributed by atoms with Crippen LogP contribution in [0.2, 0.25) is 0 Å². The molecule has 1 aromatic carbocycles. The molecule has 0 spiro atoms. The second-order valence-electron chi connectivity index (χ2n) is 6.01. The molecule has 126 valence electrons. The molecule has 6 heteroatoms. The zero-order valence-electron chi connectivity index (χ0n) is 13.7. The fourth-order valence-corrected chi connectivity index (χ4v) is 3.39. The van der Waals surface area contributed by atoms with Gasteiger partial charge in [-0.05, 0) is 45.4 Å². The molecule has 1 atom stereocenters. The Morgan fingerprint density at radius 3 is 2.83 bits per heavy atom. The molecule has 2 rings (SSSR count). The summed E-state index contributed by atoms with van der Waals surface area (Å²) < 4.78 is 0. The van der Waals surface area contributed by atoms with Crippen molar-refractivity contribution in [1.29, 1.82) is 0 Å². The third-order valence-electron chi connectivity index (χ3n) is 3.61. The van der Waals surface area contributed by atoms with E-state index in [9.17, 15) is 9.59 Å². The molecule has 1 heterocycles. The summed E-state index contributed by atoms with van der Waals surface area (Å²) in [5, 5.41) is 9.20. The number of hydrogen-bond donors (Lipinski definition) is 3. The zero-order chi connectivity index (χ0) is 16.7. The Hall–Kier alpha value is -1.53. The first-order valence-corrected chi connectivity index (χ1v) is 9.07. The van der Waals surface area contributed by atoms with Crippen LogP contribution in [-0.4, -0.2) is 42.7 Å². The lowest BCUT2D eigenvalue weighted by Gasteiger charge is -2.13. The smallest absolute Gasteiger partial charge is 0.252 e. The van der Waals surface area contributed by atoms with Crippen LogP contribution in [0.25, 0.3) is 0 Å². The van der Waals surface area contributed by atoms with Gasteiger partial charge in [0.25, 0.3) is 5.91 Å². The minimum absolute atomic E-state index is 0.0182. The van der Waals surface area contributed by atoms with E-state index in [1.54, 1.807) is 6.07 Å². The highest BCUT2D eigenvalue weighted by Gasteiger charge is 2.17. The van der Waals surface area contributed by atoms with E-state index in [-0.39, 0.29) is 17.9 Å². The largest absolute Gasteiger partial charge is 0.353 e. The average Bonchev–Trinajstić information content (AvgIpc) is 3.03. The Bertz CT molecular complexity index is 542. The number of benzene rings is 1. The molecule has 0 saturated carbocycles. The van der Waals surface area contributed by atoms with Crippen LogP contribution in [0.3, 0.4) is 0 Å². The van der Waals surface area contributed by atoms with E-state index < -0.39 is 0 Å². The lowest BCUT2D eigenvalue weighted by atomic mass is 10.2. The molecular formula is C17H25N3O2S. The zero-order valence-corrected chi connectivity index (χ0v) is 14.5. The lowest BCUT2D eigenvalue weighted by molar-refractivity contribution is -0.119. The molecule has 1 aromatic rings. The van der Waals surface area contributed by atoms with Crippen LogP contribution in [0.4, 0.5) is 0 Å². The van der Waals surface area contributed by atoms with Crippen molar-refractivity contribution in [2.75, 3.05) is 18.8 Å². The third kappa shape index (κ3) is 5.88. The molecule has 1 unspecified atom stereocenters. The second-order valence-corrected chi connectivity index (χ2v) is 7.03. The number of rotatable bonds is 7. The van der Waals surface area contributed by atoms with Gasteiger partial charge < -0.3 is 16.0 Å². The molecule has 1 aliphatic rings. The topological polar surface area (TPSA) is 70.2 Å². The summed E-state index contributed by atoms with van der Waals surface area (Å²) in [6.45, 7) is 5.53. The highest BCUT2D eigenvalue weighted by molar-refractivity contribution is 8.00. The van der Waals surface area contributed by atoms with Gasteiger partial charge in [0.15, 0.2) is 0 Å². The third-order valence-corrected chi connectivity index (χ3v) is 4.69. The van der Waals surface area contributed by atoms with E-state index in [0.717, 1.165) is 24.3 Å². The van der Waals surface area contributed by atoms with E-state index >= 15 is 0 Å². The molecule has 1 aliphatic heterocycles. The number of thioether (sulfide) groups is 1. The molecule has 0 bridgehead atoms. The van der Waals surface area contributed by atoms with Crippen molar-refractivity contribution in [3.05, 3.63) is 29.8 Å². The van der Waals surface area contributed by atoms with Crippen LogP contribution >= 0.6 is 11.8 Å². The Kier molecular flexibility index (Phi) is 6.92. The second kappa shape index (κ2) is 8.93. The minimum atomic E-state index is -0.0777. The first-order valence-electron chi connectivity index (χ1n) is 8.09. The summed E-state index contributed by atoms with van der Waals surface area (Å²) in [5.74, 6) is 0.216. The highest BCUT2D eigenvalue weighted by Crippen LogP contribution is 2.22. The van der Waals surface area contributed by atoms with Gasteiger partial charge in [-0.2, -0.15) is 0 Å². The van der Waals surface area contributed by atoms with Gasteiger partial charge in [0, 0.05) is 23.5 Å². The molecule has 5 nitrogen and oxygen atoms in total. The predicted molar refractivity (Wildman–Crippen MR) is 93.8 cm³/mol. The van der Waals surface area contributed by atoms with Gasteiger partial charge in [0.05, 0.1) is 11.3 Å². The highest BCUT2D eigenvalue weighted by atomic mass is 32.2.